The van der Waals surface area contributed by atoms with Gasteiger partial charge in [-0.3, -0.25) is 0 Å². The highest BCUT2D eigenvalue weighted by atomic mass is 32.1. The average molecular weight is 466 g/mol. The van der Waals surface area contributed by atoms with Gasteiger partial charge in [-0.25, -0.2) is 4.98 Å². The Hall–Kier alpha value is -2.64. The van der Waals surface area contributed by atoms with E-state index in [1.54, 1.807) is 11.3 Å². The van der Waals surface area contributed by atoms with Crippen molar-refractivity contribution in [1.29, 1.82) is 0 Å². The highest BCUT2D eigenvalue weighted by molar-refractivity contribution is 7.18. The second-order valence-corrected chi connectivity index (χ2v) is 9.54. The van der Waals surface area contributed by atoms with Crippen molar-refractivity contribution in [2.75, 3.05) is 33.3 Å². The molecule has 2 heterocycles. The molecular weight excluding hydrogens is 434 g/mol. The zero-order chi connectivity index (χ0) is 22.9. The summed E-state index contributed by atoms with van der Waals surface area (Å²) in [6.45, 7) is 3.30. The predicted octanol–water partition coefficient (Wildman–Crippen LogP) is 6.36. The third-order valence-electron chi connectivity index (χ3n) is 5.92. The molecule has 7 nitrogen and oxygen atoms in total. The number of aromatic nitrogens is 1. The Morgan fingerprint density at radius 1 is 1.15 bits per heavy atom. The molecule has 0 saturated carbocycles. The maximum Gasteiger partial charge on any atom is 0.135 e. The van der Waals surface area contributed by atoms with Crippen LogP contribution >= 0.6 is 11.3 Å². The summed E-state index contributed by atoms with van der Waals surface area (Å²) in [4.78, 5) is 10.1. The van der Waals surface area contributed by atoms with Crippen LogP contribution in [-0.4, -0.2) is 49.3 Å². The summed E-state index contributed by atoms with van der Waals surface area (Å²) in [5, 5.41) is 4.56. The first kappa shape index (κ1) is 23.5. The van der Waals surface area contributed by atoms with Crippen molar-refractivity contribution in [3.63, 3.8) is 0 Å². The number of thiazole rings is 1. The predicted molar refractivity (Wildman–Crippen MR) is 133 cm³/mol. The van der Waals surface area contributed by atoms with E-state index in [2.05, 4.69) is 52.3 Å². The Kier molecular flexibility index (Phi) is 8.55. The van der Waals surface area contributed by atoms with Crippen LogP contribution in [0.25, 0.3) is 20.7 Å². The van der Waals surface area contributed by atoms with Crippen LogP contribution in [0, 0.1) is 0 Å². The summed E-state index contributed by atoms with van der Waals surface area (Å²) >= 11 is 1.70. The lowest BCUT2D eigenvalue weighted by Gasteiger charge is -2.31. The van der Waals surface area contributed by atoms with Gasteiger partial charge in [-0.15, -0.1) is 11.3 Å². The van der Waals surface area contributed by atoms with E-state index in [1.165, 1.54) is 4.70 Å². The molecule has 1 saturated heterocycles. The van der Waals surface area contributed by atoms with Crippen LogP contribution in [0.1, 0.15) is 48.8 Å². The number of fused-ring (bicyclic) bond motifs is 1. The second-order valence-electron chi connectivity index (χ2n) is 8.47. The first-order valence-electron chi connectivity index (χ1n) is 11.7. The lowest BCUT2D eigenvalue weighted by molar-refractivity contribution is -0.0235. The average Bonchev–Trinajstić information content (AvgIpc) is 3.27. The van der Waals surface area contributed by atoms with Crippen molar-refractivity contribution in [2.24, 2.45) is 5.11 Å². The molecule has 8 heteroatoms. The van der Waals surface area contributed by atoms with Gasteiger partial charge >= 0.3 is 0 Å². The van der Waals surface area contributed by atoms with Gasteiger partial charge in [0.15, 0.2) is 0 Å². The van der Waals surface area contributed by atoms with Crippen LogP contribution in [0.15, 0.2) is 53.6 Å². The molecule has 0 aliphatic carbocycles. The van der Waals surface area contributed by atoms with Gasteiger partial charge in [0.1, 0.15) is 16.9 Å². The summed E-state index contributed by atoms with van der Waals surface area (Å²) < 4.78 is 13.9. The number of ether oxygens (including phenoxy) is 2. The van der Waals surface area contributed by atoms with Crippen molar-refractivity contribution < 1.29 is 9.47 Å². The number of hydrogen-bond donors (Lipinski definition) is 0. The first-order chi connectivity index (χ1) is 16.2. The Bertz CT molecular complexity index is 1040. The Labute approximate surface area is 199 Å². The minimum Gasteiger partial charge on any atom is -0.494 e. The lowest BCUT2D eigenvalue weighted by Crippen LogP contribution is -2.35. The Morgan fingerprint density at radius 3 is 2.82 bits per heavy atom. The largest absolute Gasteiger partial charge is 0.494 e. The van der Waals surface area contributed by atoms with E-state index in [9.17, 15) is 0 Å². The van der Waals surface area contributed by atoms with Crippen molar-refractivity contribution in [2.45, 2.75) is 44.3 Å². The molecule has 0 spiro atoms. The van der Waals surface area contributed by atoms with E-state index in [4.69, 9.17) is 20.0 Å². The molecule has 1 aliphatic heterocycles. The highest BCUT2D eigenvalue weighted by Gasteiger charge is 2.26. The minimum absolute atomic E-state index is 0.205. The number of hydrogen-bond acceptors (Lipinski definition) is 6. The molecule has 1 aromatic heterocycles. The number of nitrogens with zero attached hydrogens (tertiary/aromatic N) is 5. The fraction of sp³-hybridized carbons (Fsp3) is 0.480. The maximum atomic E-state index is 8.34. The van der Waals surface area contributed by atoms with Gasteiger partial charge in [0.25, 0.3) is 0 Å². The van der Waals surface area contributed by atoms with E-state index in [1.807, 2.05) is 18.2 Å². The molecule has 4 rings (SSSR count). The van der Waals surface area contributed by atoms with E-state index in [-0.39, 0.29) is 12.2 Å². The molecule has 3 aromatic rings. The molecular formula is C25H31N5O2S. The number of likely N-dealkylation sites (tertiary alicyclic amines) is 1. The van der Waals surface area contributed by atoms with Gasteiger partial charge in [0.2, 0.25) is 0 Å². The van der Waals surface area contributed by atoms with Gasteiger partial charge in [-0.05, 0) is 74.5 Å². The van der Waals surface area contributed by atoms with Crippen molar-refractivity contribution in [3.05, 3.63) is 69.5 Å². The third kappa shape index (κ3) is 6.68. The van der Waals surface area contributed by atoms with Gasteiger partial charge in [-0.1, -0.05) is 29.4 Å². The number of piperidine rings is 1. The summed E-state index contributed by atoms with van der Waals surface area (Å²) in [6.07, 6.45) is 4.87. The fourth-order valence-electron chi connectivity index (χ4n) is 4.06. The molecule has 174 valence electrons. The molecule has 1 unspecified atom stereocenters. The normalized spacial score (nSPS) is 15.9. The van der Waals surface area contributed by atoms with Gasteiger partial charge in [0, 0.05) is 24.5 Å². The van der Waals surface area contributed by atoms with Crippen LogP contribution in [0.5, 0.6) is 5.75 Å². The number of para-hydroxylation sites is 1. The smallest absolute Gasteiger partial charge is 0.135 e. The van der Waals surface area contributed by atoms with Crippen LogP contribution < -0.4 is 4.74 Å². The topological polar surface area (TPSA) is 83.4 Å². The standard InChI is InChI=1S/C25H31N5O2S/c1-30-15-12-20(13-16-30)32-24(25-28-22-10-3-4-11-23(22)33-25)19-8-7-9-21(18-19)31-17-6-2-5-14-27-29-26/h3-4,7-11,18,20,24H,2,5-6,12-17H2,1H3. The van der Waals surface area contributed by atoms with Crippen LogP contribution in [0.3, 0.4) is 0 Å². The zero-order valence-electron chi connectivity index (χ0n) is 19.1. The summed E-state index contributed by atoms with van der Waals surface area (Å²) in [6, 6.07) is 16.5. The van der Waals surface area contributed by atoms with E-state index in [0.717, 1.165) is 67.0 Å². The maximum absolute atomic E-state index is 8.34. The van der Waals surface area contributed by atoms with Gasteiger partial charge < -0.3 is 14.4 Å². The molecule has 1 atom stereocenters. The quantitative estimate of drug-likeness (QED) is 0.143. The van der Waals surface area contributed by atoms with E-state index < -0.39 is 0 Å². The number of unbranched alkanes of at least 4 members (excludes halogenated alkanes) is 2. The molecule has 0 amide bonds. The van der Waals surface area contributed by atoms with Crippen LogP contribution in [-0.2, 0) is 4.74 Å². The Morgan fingerprint density at radius 2 is 2.00 bits per heavy atom. The summed E-state index contributed by atoms with van der Waals surface area (Å²) in [7, 11) is 2.17. The number of benzene rings is 2. The van der Waals surface area contributed by atoms with Crippen molar-refractivity contribution >= 4 is 21.6 Å². The molecule has 1 fully saturated rings. The zero-order valence-corrected chi connectivity index (χ0v) is 19.9. The summed E-state index contributed by atoms with van der Waals surface area (Å²) in [5.41, 5.74) is 10.4. The number of azide groups is 1. The van der Waals surface area contributed by atoms with Crippen LogP contribution in [0.2, 0.25) is 0 Å². The monoisotopic (exact) mass is 465 g/mol. The molecule has 0 N–H and O–H groups in total. The highest BCUT2D eigenvalue weighted by Crippen LogP contribution is 2.36. The van der Waals surface area contributed by atoms with Crippen LogP contribution in [0.4, 0.5) is 0 Å². The lowest BCUT2D eigenvalue weighted by atomic mass is 10.1. The minimum atomic E-state index is -0.205. The molecule has 1 aliphatic rings. The molecule has 0 radical (unpaired) electrons. The first-order valence-corrected chi connectivity index (χ1v) is 12.5. The molecule has 0 bridgehead atoms. The van der Waals surface area contributed by atoms with Crippen molar-refractivity contribution in [1.82, 2.24) is 9.88 Å². The SMILES string of the molecule is CN1CCC(OC(c2cccc(OCCCCCN=[N+]=[N-])c2)c2nc3ccccc3s2)CC1. The number of rotatable bonds is 11. The fourth-order valence-corrected chi connectivity index (χ4v) is 5.09. The molecule has 33 heavy (non-hydrogen) atoms. The third-order valence-corrected chi connectivity index (χ3v) is 7.00. The van der Waals surface area contributed by atoms with Gasteiger partial charge in [-0.2, -0.15) is 0 Å². The Balaban J connectivity index is 1.47. The molecule has 2 aromatic carbocycles. The van der Waals surface area contributed by atoms with E-state index >= 15 is 0 Å². The second kappa shape index (κ2) is 12.0. The summed E-state index contributed by atoms with van der Waals surface area (Å²) in [5.74, 6) is 0.848. The van der Waals surface area contributed by atoms with Crippen molar-refractivity contribution in [3.8, 4) is 5.75 Å². The van der Waals surface area contributed by atoms with E-state index in [0.29, 0.717) is 13.2 Å². The van der Waals surface area contributed by atoms with Gasteiger partial charge in [0.05, 0.1) is 22.9 Å².